The summed E-state index contributed by atoms with van der Waals surface area (Å²) >= 11 is 0. The number of methoxy groups -OCH3 is 6. The fraction of sp³-hybridized carbons (Fsp3) is 0.639. The molecule has 438 valence electrons. The molecule has 2 aromatic carbocycles. The molecule has 0 saturated carbocycles. The predicted molar refractivity (Wildman–Crippen MR) is 297 cm³/mol. The van der Waals surface area contributed by atoms with Crippen molar-refractivity contribution >= 4 is 32.0 Å². The molecule has 17 nitrogen and oxygen atoms in total. The number of fused-ring (bicyclic) bond motifs is 6. The average molecular weight is 1120 g/mol. The Kier molecular flexibility index (Phi) is 22.3. The third-order valence-corrected chi connectivity index (χ3v) is 21.6. The molecule has 0 aromatic heterocycles. The number of carbonyl (C=O) groups excluding carboxylic acids is 4. The van der Waals surface area contributed by atoms with Crippen molar-refractivity contribution in [1.29, 1.82) is 0 Å². The Morgan fingerprint density at radius 1 is 0.709 bits per heavy atom. The molecule has 0 spiro atoms. The minimum Gasteiger partial charge on any atom is -0.497 e. The van der Waals surface area contributed by atoms with Crippen LogP contribution in [0.1, 0.15) is 118 Å². The molecule has 4 aliphatic heterocycles. The standard InChI is InChI=1S/C61H88O17Si/c1-15-79(16-2,17-3)78-50-33-49-35-53(73-39-42-20-24-46(67-10)25-21-42)59(7,8)60(70-13,76-49)37-51-29-43(30-54(62)68-11)28-47(74-51)26-27-58(5,6)61(71-14)57(65)44(32-55(63)69-12)31-48(77-61)34-52(75-56(64)36-50)40(4)72-38-41-18-22-45(66-9)23-19-41/h18-27,30,32,40,47-53H,15-17,28-29,31,33-39H2,1-14H3/b27-26-,43-30+,44-32+/t40-,47+,48+,49-,50-,51+,52-,53+,60+,61-/m1/s1. The molecular formula is C61H88O17Si. The number of Topliss-reactive ketones (excluding diaryl/α,β-unsaturated/α-hetero) is 1. The van der Waals surface area contributed by atoms with Gasteiger partial charge >= 0.3 is 17.9 Å². The summed E-state index contributed by atoms with van der Waals surface area (Å²) in [5.74, 6) is -4.28. The maximum Gasteiger partial charge on any atom is 0.330 e. The fourth-order valence-corrected chi connectivity index (χ4v) is 14.6. The first-order valence-electron chi connectivity index (χ1n) is 27.9. The van der Waals surface area contributed by atoms with Crippen molar-refractivity contribution in [2.45, 2.75) is 199 Å². The lowest BCUT2D eigenvalue weighted by atomic mass is 9.70. The molecule has 6 bridgehead atoms. The first-order valence-corrected chi connectivity index (χ1v) is 30.4. The van der Waals surface area contributed by atoms with E-state index in [0.717, 1.165) is 40.6 Å². The summed E-state index contributed by atoms with van der Waals surface area (Å²) in [5, 5.41) is 0. The lowest BCUT2D eigenvalue weighted by molar-refractivity contribution is -0.362. The second-order valence-corrected chi connectivity index (χ2v) is 27.2. The zero-order valence-corrected chi connectivity index (χ0v) is 50.2. The largest absolute Gasteiger partial charge is 0.497 e. The Balaban J connectivity index is 1.51. The molecule has 6 rings (SSSR count). The van der Waals surface area contributed by atoms with Crippen LogP contribution in [-0.2, 0) is 84.2 Å². The first-order chi connectivity index (χ1) is 37.6. The van der Waals surface area contributed by atoms with Gasteiger partial charge in [-0.2, -0.15) is 0 Å². The van der Waals surface area contributed by atoms with Gasteiger partial charge in [-0.05, 0) is 79.7 Å². The fourth-order valence-electron chi connectivity index (χ4n) is 11.7. The zero-order valence-electron chi connectivity index (χ0n) is 49.2. The number of hydrogen-bond donors (Lipinski definition) is 0. The maximum absolute atomic E-state index is 15.0. The van der Waals surface area contributed by atoms with E-state index < -0.39 is 103 Å². The Hall–Kier alpha value is -4.76. The summed E-state index contributed by atoms with van der Waals surface area (Å²) in [6, 6.07) is 17.7. The zero-order chi connectivity index (χ0) is 57.8. The summed E-state index contributed by atoms with van der Waals surface area (Å²) in [6.45, 7) is 16.5. The SMILES string of the molecule is CC[Si](CC)(CC)O[C@H]1CC(=O)O[C@@H]([C@@H](C)OCc2ccc(OC)cc2)C[C@@H]2C/C(=C\C(=O)OC)C(=O)[C@@](OC)(O2)C(C)(C)/C=C\[C@H]2C/C(=C\C(=O)OC)C[C@@H](C[C@]3(OC)O[C@H](C1)C[C@H](OCc1ccc(OC)cc1)C3(C)C)O2. The number of benzene rings is 2. The van der Waals surface area contributed by atoms with Crippen LogP contribution >= 0.6 is 0 Å². The minimum atomic E-state index is -2.42. The molecule has 18 heteroatoms. The van der Waals surface area contributed by atoms with Crippen LogP contribution in [0.4, 0.5) is 0 Å². The van der Waals surface area contributed by atoms with Gasteiger partial charge in [-0.25, -0.2) is 9.59 Å². The summed E-state index contributed by atoms with van der Waals surface area (Å²) in [6.07, 6.45) is 2.47. The van der Waals surface area contributed by atoms with Gasteiger partial charge in [0.25, 0.3) is 0 Å². The third kappa shape index (κ3) is 15.2. The summed E-state index contributed by atoms with van der Waals surface area (Å²) < 4.78 is 82.7. The minimum absolute atomic E-state index is 0.0329. The number of rotatable bonds is 18. The van der Waals surface area contributed by atoms with E-state index in [0.29, 0.717) is 38.0 Å². The predicted octanol–water partition coefficient (Wildman–Crippen LogP) is 10.3. The number of hydrogen-bond acceptors (Lipinski definition) is 17. The van der Waals surface area contributed by atoms with Crippen molar-refractivity contribution in [2.75, 3.05) is 42.7 Å². The Morgan fingerprint density at radius 2 is 1.32 bits per heavy atom. The van der Waals surface area contributed by atoms with Crippen LogP contribution in [0, 0.1) is 10.8 Å². The number of carbonyl (C=O) groups is 4. The van der Waals surface area contributed by atoms with E-state index in [1.54, 1.807) is 35.2 Å². The molecule has 4 heterocycles. The number of ketones is 1. The van der Waals surface area contributed by atoms with Gasteiger partial charge in [0.05, 0.1) is 90.8 Å². The molecule has 0 amide bonds. The van der Waals surface area contributed by atoms with Crippen molar-refractivity contribution in [2.24, 2.45) is 10.8 Å². The molecule has 4 aliphatic rings. The molecule has 2 aromatic rings. The highest BCUT2D eigenvalue weighted by molar-refractivity contribution is 6.73. The molecule has 0 N–H and O–H groups in total. The summed E-state index contributed by atoms with van der Waals surface area (Å²) in [4.78, 5) is 55.9. The molecule has 0 unspecified atom stereocenters. The van der Waals surface area contributed by atoms with Gasteiger partial charge in [0, 0.05) is 68.5 Å². The molecule has 10 atom stereocenters. The number of cyclic esters (lactones) is 1. The lowest BCUT2D eigenvalue weighted by Gasteiger charge is -2.56. The van der Waals surface area contributed by atoms with Crippen LogP contribution < -0.4 is 9.47 Å². The Labute approximate surface area is 469 Å². The van der Waals surface area contributed by atoms with Crippen LogP contribution in [0.5, 0.6) is 11.5 Å². The van der Waals surface area contributed by atoms with Crippen molar-refractivity contribution < 1.29 is 80.4 Å². The number of ether oxygens (including phenoxy) is 12. The third-order valence-electron chi connectivity index (χ3n) is 16.9. The molecule has 3 fully saturated rings. The van der Waals surface area contributed by atoms with Crippen molar-refractivity contribution in [1.82, 2.24) is 0 Å². The van der Waals surface area contributed by atoms with E-state index in [1.165, 1.54) is 33.5 Å². The normalized spacial score (nSPS) is 30.4. The topological polar surface area (TPSA) is 188 Å². The highest BCUT2D eigenvalue weighted by Crippen LogP contribution is 2.52. The maximum atomic E-state index is 15.0. The Bertz CT molecular complexity index is 2440. The van der Waals surface area contributed by atoms with Gasteiger partial charge < -0.3 is 61.3 Å². The highest BCUT2D eigenvalue weighted by Gasteiger charge is 2.60. The van der Waals surface area contributed by atoms with Gasteiger partial charge in [-0.3, -0.25) is 9.59 Å². The van der Waals surface area contributed by atoms with Gasteiger partial charge in [0.2, 0.25) is 11.6 Å². The summed E-state index contributed by atoms with van der Waals surface area (Å²) in [7, 11) is 6.40. The van der Waals surface area contributed by atoms with Crippen molar-refractivity contribution in [3.8, 4) is 11.5 Å². The van der Waals surface area contributed by atoms with E-state index >= 15 is 0 Å². The van der Waals surface area contributed by atoms with Gasteiger partial charge in [0.15, 0.2) is 14.1 Å². The Morgan fingerprint density at radius 3 is 1.89 bits per heavy atom. The molecule has 3 saturated heterocycles. The van der Waals surface area contributed by atoms with Gasteiger partial charge in [-0.1, -0.05) is 90.5 Å². The lowest BCUT2D eigenvalue weighted by Crippen LogP contribution is -2.63. The van der Waals surface area contributed by atoms with E-state index in [1.807, 2.05) is 67.6 Å². The average Bonchev–Trinajstić information content (AvgIpc) is 3.47. The van der Waals surface area contributed by atoms with E-state index in [4.69, 9.17) is 61.3 Å². The van der Waals surface area contributed by atoms with Crippen LogP contribution in [0.15, 0.2) is 84.0 Å². The number of esters is 3. The van der Waals surface area contributed by atoms with Gasteiger partial charge in [-0.15, -0.1) is 0 Å². The monoisotopic (exact) mass is 1120 g/mol. The van der Waals surface area contributed by atoms with Crippen molar-refractivity contribution in [3.05, 3.63) is 95.1 Å². The summed E-state index contributed by atoms with van der Waals surface area (Å²) in [5.41, 5.74) is 0.621. The molecule has 0 aliphatic carbocycles. The molecule has 79 heavy (non-hydrogen) atoms. The molecular weight excluding hydrogens is 1030 g/mol. The van der Waals surface area contributed by atoms with E-state index in [9.17, 15) is 19.2 Å². The van der Waals surface area contributed by atoms with Gasteiger partial charge in [0.1, 0.15) is 17.6 Å². The first kappa shape index (κ1) is 63.4. The van der Waals surface area contributed by atoms with Crippen LogP contribution in [0.2, 0.25) is 18.1 Å². The van der Waals surface area contributed by atoms with E-state index in [-0.39, 0.29) is 37.9 Å². The van der Waals surface area contributed by atoms with Crippen molar-refractivity contribution in [3.63, 3.8) is 0 Å². The van der Waals surface area contributed by atoms with Crippen LogP contribution in [-0.4, -0.2) is 135 Å². The highest BCUT2D eigenvalue weighted by atomic mass is 28.4. The quantitative estimate of drug-likeness (QED) is 0.0450. The smallest absolute Gasteiger partial charge is 0.330 e. The second kappa shape index (κ2) is 27.8. The second-order valence-electron chi connectivity index (χ2n) is 22.5. The molecule has 0 radical (unpaired) electrons. The van der Waals surface area contributed by atoms with Crippen LogP contribution in [0.25, 0.3) is 0 Å². The van der Waals surface area contributed by atoms with E-state index in [2.05, 4.69) is 34.6 Å². The van der Waals surface area contributed by atoms with Crippen LogP contribution in [0.3, 0.4) is 0 Å².